The first-order valence-electron chi connectivity index (χ1n) is 5.43. The Morgan fingerprint density at radius 2 is 2.00 bits per heavy atom. The third-order valence-corrected chi connectivity index (χ3v) is 5.86. The zero-order valence-electron chi connectivity index (χ0n) is 9.72. The maximum atomic E-state index is 11.6. The van der Waals surface area contributed by atoms with Gasteiger partial charge in [0.15, 0.2) is 9.84 Å². The van der Waals surface area contributed by atoms with E-state index in [9.17, 15) is 16.8 Å². The third kappa shape index (κ3) is 3.71. The maximum absolute atomic E-state index is 11.6. The molecule has 0 spiro atoms. The van der Waals surface area contributed by atoms with Crippen LogP contribution in [-0.4, -0.2) is 51.5 Å². The summed E-state index contributed by atoms with van der Waals surface area (Å²) in [6, 6.07) is -0.355. The van der Waals surface area contributed by atoms with Crippen LogP contribution in [0.3, 0.4) is 0 Å². The van der Waals surface area contributed by atoms with Gasteiger partial charge in [-0.05, 0) is 12.8 Å². The predicted octanol–water partition coefficient (Wildman–Crippen LogP) is 0.235. The van der Waals surface area contributed by atoms with Gasteiger partial charge in [0.25, 0.3) is 0 Å². The quantitative estimate of drug-likeness (QED) is 0.716. The van der Waals surface area contributed by atoms with E-state index in [1.165, 1.54) is 4.31 Å². The highest BCUT2D eigenvalue weighted by molar-refractivity contribution is 7.92. The van der Waals surface area contributed by atoms with E-state index in [4.69, 9.17) is 0 Å². The summed E-state index contributed by atoms with van der Waals surface area (Å²) in [6.45, 7) is 2.40. The van der Waals surface area contributed by atoms with Crippen molar-refractivity contribution in [1.29, 1.82) is 0 Å². The Morgan fingerprint density at radius 1 is 1.38 bits per heavy atom. The third-order valence-electron chi connectivity index (χ3n) is 2.77. The molecule has 0 N–H and O–H groups in total. The topological polar surface area (TPSA) is 71.5 Å². The molecule has 0 aliphatic carbocycles. The second kappa shape index (κ2) is 5.01. The van der Waals surface area contributed by atoms with Crippen LogP contribution in [0, 0.1) is 0 Å². The van der Waals surface area contributed by atoms with E-state index >= 15 is 0 Å². The molecule has 1 fully saturated rings. The van der Waals surface area contributed by atoms with Crippen LogP contribution in [-0.2, 0) is 19.9 Å². The Hall–Kier alpha value is -0.140. The second-order valence-electron chi connectivity index (χ2n) is 4.28. The lowest BCUT2D eigenvalue weighted by molar-refractivity contribution is 0.337. The SMILES string of the molecule is CCCCN(C1CCS(=O)(=O)C1)S(C)(=O)=O. The van der Waals surface area contributed by atoms with Gasteiger partial charge in [0.05, 0.1) is 17.8 Å². The Kier molecular flexibility index (Phi) is 4.36. The van der Waals surface area contributed by atoms with Crippen molar-refractivity contribution >= 4 is 19.9 Å². The van der Waals surface area contributed by atoms with Gasteiger partial charge in [-0.25, -0.2) is 16.8 Å². The van der Waals surface area contributed by atoms with Crippen LogP contribution in [0.4, 0.5) is 0 Å². The van der Waals surface area contributed by atoms with E-state index in [1.807, 2.05) is 6.92 Å². The molecule has 1 rings (SSSR count). The van der Waals surface area contributed by atoms with E-state index in [0.29, 0.717) is 13.0 Å². The highest BCUT2D eigenvalue weighted by Crippen LogP contribution is 2.20. The van der Waals surface area contributed by atoms with E-state index in [2.05, 4.69) is 0 Å². The summed E-state index contributed by atoms with van der Waals surface area (Å²) in [5.41, 5.74) is 0. The summed E-state index contributed by atoms with van der Waals surface area (Å²) in [7, 11) is -6.33. The lowest BCUT2D eigenvalue weighted by Crippen LogP contribution is -2.41. The van der Waals surface area contributed by atoms with Gasteiger partial charge in [0.1, 0.15) is 0 Å². The highest BCUT2D eigenvalue weighted by atomic mass is 32.2. The van der Waals surface area contributed by atoms with Gasteiger partial charge in [-0.1, -0.05) is 13.3 Å². The van der Waals surface area contributed by atoms with Crippen molar-refractivity contribution in [2.45, 2.75) is 32.2 Å². The number of unbranched alkanes of at least 4 members (excludes halogenated alkanes) is 1. The highest BCUT2D eigenvalue weighted by Gasteiger charge is 2.35. The average molecular weight is 269 g/mol. The van der Waals surface area contributed by atoms with Crippen LogP contribution in [0.15, 0.2) is 0 Å². The molecule has 0 bridgehead atoms. The van der Waals surface area contributed by atoms with Gasteiger partial charge >= 0.3 is 0 Å². The first-order chi connectivity index (χ1) is 7.26. The first-order valence-corrected chi connectivity index (χ1v) is 9.10. The summed E-state index contributed by atoms with van der Waals surface area (Å²) >= 11 is 0. The zero-order chi connectivity index (χ0) is 12.4. The number of nitrogens with zero attached hydrogens (tertiary/aromatic N) is 1. The molecule has 0 saturated carbocycles. The second-order valence-corrected chi connectivity index (χ2v) is 8.45. The molecule has 0 amide bonds. The molecule has 1 aliphatic rings. The summed E-state index contributed by atoms with van der Waals surface area (Å²) in [6.07, 6.45) is 3.24. The number of hydrogen-bond acceptors (Lipinski definition) is 4. The molecular formula is C9H19NO4S2. The fraction of sp³-hybridized carbons (Fsp3) is 1.00. The molecule has 16 heavy (non-hydrogen) atoms. The van der Waals surface area contributed by atoms with Gasteiger partial charge in [-0.3, -0.25) is 0 Å². The van der Waals surface area contributed by atoms with Gasteiger partial charge in [0.2, 0.25) is 10.0 Å². The monoisotopic (exact) mass is 269 g/mol. The average Bonchev–Trinajstić information content (AvgIpc) is 2.44. The molecule has 0 aromatic rings. The van der Waals surface area contributed by atoms with Crippen LogP contribution >= 0.6 is 0 Å². The van der Waals surface area contributed by atoms with Crippen molar-refractivity contribution in [3.8, 4) is 0 Å². The van der Waals surface area contributed by atoms with Crippen LogP contribution in [0.2, 0.25) is 0 Å². The van der Waals surface area contributed by atoms with Crippen molar-refractivity contribution in [2.75, 3.05) is 24.3 Å². The molecule has 96 valence electrons. The molecule has 1 atom stereocenters. The summed E-state index contributed by atoms with van der Waals surface area (Å²) in [5.74, 6) is 0.0829. The van der Waals surface area contributed by atoms with Crippen molar-refractivity contribution in [1.82, 2.24) is 4.31 Å². The van der Waals surface area contributed by atoms with Crippen molar-refractivity contribution < 1.29 is 16.8 Å². The number of hydrogen-bond donors (Lipinski definition) is 0. The van der Waals surface area contributed by atoms with E-state index in [-0.39, 0.29) is 17.5 Å². The van der Waals surface area contributed by atoms with Gasteiger partial charge in [-0.15, -0.1) is 0 Å². The first kappa shape index (κ1) is 13.9. The summed E-state index contributed by atoms with van der Waals surface area (Å²) in [4.78, 5) is 0. The van der Waals surface area contributed by atoms with Crippen LogP contribution in [0.25, 0.3) is 0 Å². The van der Waals surface area contributed by atoms with E-state index in [1.54, 1.807) is 0 Å². The van der Waals surface area contributed by atoms with Crippen LogP contribution in [0.1, 0.15) is 26.2 Å². The molecule has 1 saturated heterocycles. The molecule has 7 heteroatoms. The van der Waals surface area contributed by atoms with Crippen molar-refractivity contribution in [3.63, 3.8) is 0 Å². The molecule has 1 unspecified atom stereocenters. The fourth-order valence-corrected chi connectivity index (χ4v) is 4.94. The number of sulfone groups is 1. The standard InChI is InChI=1S/C9H19NO4S2/c1-3-4-6-10(15(2,11)12)9-5-7-16(13,14)8-9/h9H,3-8H2,1-2H3. The van der Waals surface area contributed by atoms with Gasteiger partial charge < -0.3 is 0 Å². The number of sulfonamides is 1. The van der Waals surface area contributed by atoms with E-state index < -0.39 is 19.9 Å². The van der Waals surface area contributed by atoms with Gasteiger partial charge in [-0.2, -0.15) is 4.31 Å². The van der Waals surface area contributed by atoms with Crippen molar-refractivity contribution in [3.05, 3.63) is 0 Å². The molecular weight excluding hydrogens is 250 g/mol. The minimum Gasteiger partial charge on any atom is -0.229 e. The minimum atomic E-state index is -3.30. The molecule has 0 radical (unpaired) electrons. The normalized spacial score (nSPS) is 25.1. The van der Waals surface area contributed by atoms with E-state index in [0.717, 1.165) is 19.1 Å². The smallest absolute Gasteiger partial charge is 0.211 e. The van der Waals surface area contributed by atoms with Crippen LogP contribution in [0.5, 0.6) is 0 Å². The Labute approximate surface area is 97.8 Å². The van der Waals surface area contributed by atoms with Crippen LogP contribution < -0.4 is 0 Å². The molecule has 0 aromatic heterocycles. The maximum Gasteiger partial charge on any atom is 0.211 e. The Bertz CT molecular complexity index is 426. The molecule has 5 nitrogen and oxygen atoms in total. The lowest BCUT2D eigenvalue weighted by Gasteiger charge is -2.25. The van der Waals surface area contributed by atoms with Crippen molar-refractivity contribution in [2.24, 2.45) is 0 Å². The van der Waals surface area contributed by atoms with Gasteiger partial charge in [0, 0.05) is 12.6 Å². The predicted molar refractivity (Wildman–Crippen MR) is 63.5 cm³/mol. The summed E-state index contributed by atoms with van der Waals surface area (Å²) < 4.78 is 47.1. The fourth-order valence-electron chi connectivity index (χ4n) is 1.94. The Balaban J connectivity index is 2.79. The number of rotatable bonds is 5. The summed E-state index contributed by atoms with van der Waals surface area (Å²) in [5, 5.41) is 0. The largest absolute Gasteiger partial charge is 0.229 e. The lowest BCUT2D eigenvalue weighted by atomic mass is 10.2. The zero-order valence-corrected chi connectivity index (χ0v) is 11.3. The molecule has 1 aliphatic heterocycles. The molecule has 1 heterocycles. The molecule has 0 aromatic carbocycles. The Morgan fingerprint density at radius 3 is 2.38 bits per heavy atom. The minimum absolute atomic E-state index is 0.0240.